The van der Waals surface area contributed by atoms with Gasteiger partial charge in [0.1, 0.15) is 11.2 Å². The third-order valence-electron chi connectivity index (χ3n) is 12.4. The molecular weight excluding hydrogens is 771 g/mol. The van der Waals surface area contributed by atoms with E-state index in [9.17, 15) is 0 Å². The highest BCUT2D eigenvalue weighted by molar-refractivity contribution is 6.17. The fraction of sp³-hybridized carbons (Fsp3) is 0. The lowest BCUT2D eigenvalue weighted by Crippen LogP contribution is -2.01. The van der Waals surface area contributed by atoms with Gasteiger partial charge in [-0.2, -0.15) is 0 Å². The van der Waals surface area contributed by atoms with Crippen LogP contribution < -0.4 is 0 Å². The van der Waals surface area contributed by atoms with E-state index in [2.05, 4.69) is 149 Å². The molecule has 4 heterocycles. The maximum atomic E-state index is 6.92. The van der Waals surface area contributed by atoms with Crippen LogP contribution in [0.15, 0.2) is 217 Å². The monoisotopic (exact) mass is 805 g/mol. The van der Waals surface area contributed by atoms with Crippen molar-refractivity contribution in [2.45, 2.75) is 0 Å². The first-order valence-corrected chi connectivity index (χ1v) is 21.2. The summed E-state index contributed by atoms with van der Waals surface area (Å²) in [6, 6.07) is 74.6. The van der Waals surface area contributed by atoms with Crippen LogP contribution in [-0.4, -0.2) is 24.1 Å². The zero-order valence-corrected chi connectivity index (χ0v) is 33.9. The number of hydrogen-bond acceptors (Lipinski definition) is 4. The van der Waals surface area contributed by atoms with E-state index in [1.807, 2.05) is 72.8 Å². The Hall–Kier alpha value is -8.61. The molecule has 0 atom stereocenters. The zero-order valence-electron chi connectivity index (χ0n) is 33.9. The van der Waals surface area contributed by atoms with Crippen LogP contribution in [0.25, 0.3) is 122 Å². The molecule has 0 amide bonds. The lowest BCUT2D eigenvalue weighted by molar-refractivity contribution is 0.669. The topological polar surface area (TPSA) is 61.7 Å². The third kappa shape index (κ3) is 5.55. The van der Waals surface area contributed by atoms with Crippen LogP contribution in [0.3, 0.4) is 0 Å². The Morgan fingerprint density at radius 2 is 0.714 bits per heavy atom. The Kier molecular flexibility index (Phi) is 7.80. The van der Waals surface area contributed by atoms with Crippen molar-refractivity contribution in [3.05, 3.63) is 212 Å². The van der Waals surface area contributed by atoms with E-state index >= 15 is 0 Å². The van der Waals surface area contributed by atoms with Crippen molar-refractivity contribution in [3.63, 3.8) is 0 Å². The highest BCUT2D eigenvalue weighted by Crippen LogP contribution is 2.44. The zero-order chi connectivity index (χ0) is 41.4. The first-order valence-electron chi connectivity index (χ1n) is 21.2. The Morgan fingerprint density at radius 1 is 0.317 bits per heavy atom. The van der Waals surface area contributed by atoms with E-state index < -0.39 is 0 Å². The lowest BCUT2D eigenvalue weighted by Gasteiger charge is -2.17. The van der Waals surface area contributed by atoms with E-state index in [-0.39, 0.29) is 0 Å². The predicted octanol–water partition coefficient (Wildman–Crippen LogP) is 14.6. The molecule has 13 rings (SSSR count). The molecule has 0 unspecified atom stereocenters. The molecule has 294 valence electrons. The van der Waals surface area contributed by atoms with E-state index in [4.69, 9.17) is 19.4 Å². The van der Waals surface area contributed by atoms with E-state index in [0.717, 1.165) is 83.2 Å². The van der Waals surface area contributed by atoms with Crippen molar-refractivity contribution in [3.8, 4) is 56.7 Å². The van der Waals surface area contributed by atoms with Gasteiger partial charge in [0.05, 0.1) is 27.6 Å². The molecule has 0 aliphatic heterocycles. The normalized spacial score (nSPS) is 11.8. The molecule has 0 N–H and O–H groups in total. The number of benzene rings is 9. The van der Waals surface area contributed by atoms with E-state index in [1.165, 1.54) is 21.5 Å². The van der Waals surface area contributed by atoms with Gasteiger partial charge in [-0.3, -0.25) is 0 Å². The molecule has 9 aromatic carbocycles. The number of aromatic nitrogens is 5. The van der Waals surface area contributed by atoms with Crippen molar-refractivity contribution in [1.82, 2.24) is 24.1 Å². The van der Waals surface area contributed by atoms with E-state index in [0.29, 0.717) is 17.5 Å². The summed E-state index contributed by atoms with van der Waals surface area (Å²) in [5.74, 6) is 1.74. The Balaban J connectivity index is 1.11. The summed E-state index contributed by atoms with van der Waals surface area (Å²) >= 11 is 0. The molecule has 0 aliphatic rings. The average Bonchev–Trinajstić information content (AvgIpc) is 4.02. The quantitative estimate of drug-likeness (QED) is 0.168. The molecule has 0 saturated carbocycles. The second-order valence-corrected chi connectivity index (χ2v) is 16.0. The van der Waals surface area contributed by atoms with Gasteiger partial charge < -0.3 is 13.6 Å². The lowest BCUT2D eigenvalue weighted by atomic mass is 9.96. The summed E-state index contributed by atoms with van der Waals surface area (Å²) in [5, 5.41) is 6.88. The Morgan fingerprint density at radius 3 is 1.21 bits per heavy atom. The molecule has 13 aromatic rings. The summed E-state index contributed by atoms with van der Waals surface area (Å²) < 4.78 is 11.7. The van der Waals surface area contributed by atoms with Crippen molar-refractivity contribution >= 4 is 65.6 Å². The number of fused-ring (bicyclic) bond motifs is 9. The second-order valence-electron chi connectivity index (χ2n) is 16.0. The molecule has 0 radical (unpaired) electrons. The first kappa shape index (κ1) is 35.2. The summed E-state index contributed by atoms with van der Waals surface area (Å²) in [6.45, 7) is 0. The van der Waals surface area contributed by atoms with Gasteiger partial charge in [0.2, 0.25) is 0 Å². The van der Waals surface area contributed by atoms with Crippen LogP contribution in [0, 0.1) is 0 Å². The minimum absolute atomic E-state index is 0.545. The Labute approximate surface area is 361 Å². The molecular formula is C57H35N5O. The van der Waals surface area contributed by atoms with Crippen molar-refractivity contribution in [2.24, 2.45) is 0 Å². The summed E-state index contributed by atoms with van der Waals surface area (Å²) in [6.07, 6.45) is 0. The van der Waals surface area contributed by atoms with Gasteiger partial charge in [0.25, 0.3) is 0 Å². The van der Waals surface area contributed by atoms with Crippen molar-refractivity contribution in [1.29, 1.82) is 0 Å². The van der Waals surface area contributed by atoms with Crippen LogP contribution >= 0.6 is 0 Å². The molecule has 0 bridgehead atoms. The molecule has 0 spiro atoms. The molecule has 6 nitrogen and oxygen atoms in total. The fourth-order valence-electron chi connectivity index (χ4n) is 9.58. The third-order valence-corrected chi connectivity index (χ3v) is 12.4. The predicted molar refractivity (Wildman–Crippen MR) is 258 cm³/mol. The number of furan rings is 1. The number of nitrogens with zero attached hydrogens (tertiary/aromatic N) is 5. The van der Waals surface area contributed by atoms with E-state index in [1.54, 1.807) is 0 Å². The molecule has 4 aromatic heterocycles. The van der Waals surface area contributed by atoms with Gasteiger partial charge >= 0.3 is 0 Å². The van der Waals surface area contributed by atoms with Crippen molar-refractivity contribution in [2.75, 3.05) is 0 Å². The largest absolute Gasteiger partial charge is 0.455 e. The van der Waals surface area contributed by atoms with Gasteiger partial charge in [-0.25, -0.2) is 15.0 Å². The molecule has 63 heavy (non-hydrogen) atoms. The summed E-state index contributed by atoms with van der Waals surface area (Å²) in [7, 11) is 0. The number of rotatable bonds is 6. The number of hydrogen-bond donors (Lipinski definition) is 0. The smallest absolute Gasteiger partial charge is 0.167 e. The fourth-order valence-corrected chi connectivity index (χ4v) is 9.58. The highest BCUT2D eigenvalue weighted by atomic mass is 16.3. The highest BCUT2D eigenvalue weighted by Gasteiger charge is 2.23. The van der Waals surface area contributed by atoms with Crippen LogP contribution in [0.1, 0.15) is 0 Å². The summed E-state index contributed by atoms with van der Waals surface area (Å²) in [5.41, 5.74) is 13.0. The maximum Gasteiger partial charge on any atom is 0.167 e. The summed E-state index contributed by atoms with van der Waals surface area (Å²) in [4.78, 5) is 15.3. The molecule has 6 heteroatoms. The molecule has 0 aliphatic carbocycles. The van der Waals surface area contributed by atoms with Gasteiger partial charge in [0.15, 0.2) is 17.5 Å². The van der Waals surface area contributed by atoms with Crippen LogP contribution in [-0.2, 0) is 0 Å². The minimum atomic E-state index is 0.545. The van der Waals surface area contributed by atoms with Gasteiger partial charge in [0, 0.05) is 54.8 Å². The standard InChI is InChI=1S/C57H35N5O/c1-3-17-36(18-4-1)55-58-56(37-19-5-2-6-20-37)60-57(59-55)47-32-31-41(53-46-25-11-16-30-52(46)63-54(47)53)38-33-39(61-48-26-12-7-21-42(48)43-22-8-13-27-49(43)61)35-40(34-38)62-50-28-14-9-23-44(50)45-24-10-15-29-51(45)62/h1-35H. The van der Waals surface area contributed by atoms with Crippen LogP contribution in [0.4, 0.5) is 0 Å². The van der Waals surface area contributed by atoms with Gasteiger partial charge in [-0.15, -0.1) is 0 Å². The first-order chi connectivity index (χ1) is 31.2. The van der Waals surface area contributed by atoms with Gasteiger partial charge in [-0.1, -0.05) is 158 Å². The Bertz CT molecular complexity index is 3620. The maximum absolute atomic E-state index is 6.92. The minimum Gasteiger partial charge on any atom is -0.455 e. The van der Waals surface area contributed by atoms with Crippen LogP contribution in [0.2, 0.25) is 0 Å². The number of para-hydroxylation sites is 5. The molecule has 0 fully saturated rings. The average molecular weight is 806 g/mol. The second kappa shape index (κ2) is 14.0. The van der Waals surface area contributed by atoms with Crippen LogP contribution in [0.5, 0.6) is 0 Å². The SMILES string of the molecule is c1ccc(-c2nc(-c3ccccc3)nc(-c3ccc(-c4cc(-n5c6ccccc6c6ccccc65)cc(-n5c6ccccc6c6ccccc65)c4)c4c3oc3ccccc34)n2)cc1. The van der Waals surface area contributed by atoms with Gasteiger partial charge in [-0.05, 0) is 65.7 Å². The van der Waals surface area contributed by atoms with Crippen molar-refractivity contribution < 1.29 is 4.42 Å². The molecule has 0 saturated heterocycles.